The minimum Gasteiger partial charge on any atom is -0.359 e. The zero-order chi connectivity index (χ0) is 19.1. The van der Waals surface area contributed by atoms with Gasteiger partial charge in [-0.3, -0.25) is 4.79 Å². The number of nitrogens with two attached hydrogens (primary N) is 1. The van der Waals surface area contributed by atoms with Crippen LogP contribution < -0.4 is 15.4 Å². The number of hydrogen-bond donors (Lipinski definition) is 2. The van der Waals surface area contributed by atoms with Crippen molar-refractivity contribution in [3.63, 3.8) is 0 Å². The van der Waals surface area contributed by atoms with Crippen LogP contribution in [0.25, 0.3) is 0 Å². The highest BCUT2D eigenvalue weighted by Crippen LogP contribution is 2.34. The van der Waals surface area contributed by atoms with Gasteiger partial charge < -0.3 is 10.2 Å². The highest BCUT2D eigenvalue weighted by Gasteiger charge is 2.31. The van der Waals surface area contributed by atoms with Gasteiger partial charge in [-0.15, -0.1) is 0 Å². The van der Waals surface area contributed by atoms with Gasteiger partial charge in [0.2, 0.25) is 15.9 Å². The molecular weight excluding hydrogens is 350 g/mol. The first-order valence-electron chi connectivity index (χ1n) is 9.38. The van der Waals surface area contributed by atoms with Gasteiger partial charge in [0.05, 0.1) is 11.4 Å². The van der Waals surface area contributed by atoms with Crippen molar-refractivity contribution in [2.75, 3.05) is 11.4 Å². The lowest BCUT2D eigenvalue weighted by Crippen LogP contribution is -2.48. The summed E-state index contributed by atoms with van der Waals surface area (Å²) in [7, 11) is -3.71. The van der Waals surface area contributed by atoms with Crippen molar-refractivity contribution in [2.24, 2.45) is 17.0 Å². The largest absolute Gasteiger partial charge is 0.359 e. The van der Waals surface area contributed by atoms with Crippen molar-refractivity contribution in [3.05, 3.63) is 23.8 Å². The Morgan fingerprint density at radius 1 is 1.27 bits per heavy atom. The first kappa shape index (κ1) is 19.2. The summed E-state index contributed by atoms with van der Waals surface area (Å²) < 4.78 is 23.1. The average Bonchev–Trinajstić information content (AvgIpc) is 2.86. The summed E-state index contributed by atoms with van der Waals surface area (Å²) >= 11 is 0. The maximum Gasteiger partial charge on any atom is 0.239 e. The number of carbonyl (C=O) groups is 1. The number of amides is 1. The predicted octanol–water partition coefficient (Wildman–Crippen LogP) is 2.03. The van der Waals surface area contributed by atoms with Crippen LogP contribution in [0.4, 0.5) is 5.69 Å². The van der Waals surface area contributed by atoms with Crippen molar-refractivity contribution in [2.45, 2.75) is 63.4 Å². The van der Waals surface area contributed by atoms with E-state index in [4.69, 9.17) is 5.14 Å². The molecule has 1 aliphatic heterocycles. The van der Waals surface area contributed by atoms with Gasteiger partial charge in [0.25, 0.3) is 0 Å². The van der Waals surface area contributed by atoms with Gasteiger partial charge in [-0.05, 0) is 55.4 Å². The van der Waals surface area contributed by atoms with Crippen molar-refractivity contribution in [1.82, 2.24) is 5.32 Å². The number of nitrogens with zero attached hydrogens (tertiary/aromatic N) is 1. The van der Waals surface area contributed by atoms with E-state index in [1.54, 1.807) is 12.1 Å². The van der Waals surface area contributed by atoms with Gasteiger partial charge in [0.1, 0.15) is 0 Å². The molecule has 0 spiro atoms. The summed E-state index contributed by atoms with van der Waals surface area (Å²) in [5.74, 6) is 1.16. The number of hydrogen-bond acceptors (Lipinski definition) is 4. The predicted molar refractivity (Wildman–Crippen MR) is 102 cm³/mol. The molecule has 6 nitrogen and oxygen atoms in total. The van der Waals surface area contributed by atoms with Crippen molar-refractivity contribution in [1.29, 1.82) is 0 Å². The average molecular weight is 380 g/mol. The van der Waals surface area contributed by atoms with Crippen LogP contribution >= 0.6 is 0 Å². The van der Waals surface area contributed by atoms with Crippen LogP contribution in [0.3, 0.4) is 0 Å². The van der Waals surface area contributed by atoms with E-state index in [1.165, 1.54) is 12.5 Å². The van der Waals surface area contributed by atoms with E-state index in [1.807, 2.05) is 0 Å². The highest BCUT2D eigenvalue weighted by molar-refractivity contribution is 7.89. The molecule has 1 saturated carbocycles. The summed E-state index contributed by atoms with van der Waals surface area (Å²) in [6.07, 6.45) is 4.15. The maximum absolute atomic E-state index is 12.6. The highest BCUT2D eigenvalue weighted by atomic mass is 32.2. The Morgan fingerprint density at radius 2 is 2.00 bits per heavy atom. The molecule has 1 amide bonds. The molecule has 144 valence electrons. The Balaban J connectivity index is 1.70. The van der Waals surface area contributed by atoms with Gasteiger partial charge in [-0.2, -0.15) is 0 Å². The van der Waals surface area contributed by atoms with Gasteiger partial charge in [0.15, 0.2) is 0 Å². The summed E-state index contributed by atoms with van der Waals surface area (Å²) in [6.45, 7) is 6.82. The molecule has 26 heavy (non-hydrogen) atoms. The van der Waals surface area contributed by atoms with E-state index in [0.29, 0.717) is 24.8 Å². The van der Waals surface area contributed by atoms with Gasteiger partial charge in [-0.25, -0.2) is 13.6 Å². The van der Waals surface area contributed by atoms with Crippen LogP contribution in [-0.4, -0.2) is 33.0 Å². The fourth-order valence-corrected chi connectivity index (χ4v) is 4.85. The molecule has 1 aromatic carbocycles. The third-order valence-corrected chi connectivity index (χ3v) is 7.01. The Kier molecular flexibility index (Phi) is 5.30. The summed E-state index contributed by atoms with van der Waals surface area (Å²) in [5.41, 5.74) is 1.85. The Morgan fingerprint density at radius 3 is 2.69 bits per heavy atom. The van der Waals surface area contributed by atoms with Crippen LogP contribution in [0.1, 0.15) is 45.6 Å². The monoisotopic (exact) mass is 379 g/mol. The van der Waals surface area contributed by atoms with Crippen LogP contribution in [-0.2, 0) is 21.2 Å². The van der Waals surface area contributed by atoms with Gasteiger partial charge in [-0.1, -0.05) is 26.7 Å². The molecule has 2 aliphatic rings. The molecule has 3 rings (SSSR count). The Labute approximate surface area is 156 Å². The third-order valence-electron chi connectivity index (χ3n) is 6.10. The van der Waals surface area contributed by atoms with Crippen molar-refractivity contribution in [3.8, 4) is 0 Å². The van der Waals surface area contributed by atoms with E-state index >= 15 is 0 Å². The minimum atomic E-state index is -3.71. The lowest BCUT2D eigenvalue weighted by atomic mass is 9.78. The van der Waals surface area contributed by atoms with Crippen molar-refractivity contribution < 1.29 is 13.2 Å². The zero-order valence-electron chi connectivity index (χ0n) is 15.7. The third kappa shape index (κ3) is 3.88. The van der Waals surface area contributed by atoms with E-state index in [2.05, 4.69) is 31.0 Å². The summed E-state index contributed by atoms with van der Waals surface area (Å²) in [4.78, 5) is 14.8. The molecular formula is C19H29N3O3S. The molecule has 0 bridgehead atoms. The number of anilines is 1. The molecule has 0 saturated heterocycles. The van der Waals surface area contributed by atoms with Crippen molar-refractivity contribution >= 4 is 21.6 Å². The molecule has 0 aromatic heterocycles. The normalized spacial score (nSPS) is 28.7. The van der Waals surface area contributed by atoms with Crippen LogP contribution in [0, 0.1) is 11.8 Å². The quantitative estimate of drug-likeness (QED) is 0.837. The molecule has 0 radical (unpaired) electrons. The molecule has 3 N–H and O–H groups in total. The second-order valence-corrected chi connectivity index (χ2v) is 9.52. The lowest BCUT2D eigenvalue weighted by molar-refractivity contribution is -0.121. The molecule has 1 aliphatic carbocycles. The van der Waals surface area contributed by atoms with Crippen LogP contribution in [0.2, 0.25) is 0 Å². The Bertz CT molecular complexity index is 793. The molecule has 1 heterocycles. The smallest absolute Gasteiger partial charge is 0.239 e. The maximum atomic E-state index is 12.6. The number of primary sulfonamides is 1. The second kappa shape index (κ2) is 7.19. The molecule has 1 aromatic rings. The standard InChI is InChI=1S/C19H29N3O3S/c1-12-5-4-6-17(14(12)3)21-19(23)11-22-13(2)9-15-10-16(26(20,24)25)7-8-18(15)22/h7-8,10,12-14,17H,4-6,9,11H2,1-3H3,(H,21,23)(H2,20,24,25). The van der Waals surface area contributed by atoms with E-state index in [-0.39, 0.29) is 22.9 Å². The molecule has 7 heteroatoms. The zero-order valence-corrected chi connectivity index (χ0v) is 16.6. The number of carbonyl (C=O) groups excluding carboxylic acids is 1. The van der Waals surface area contributed by atoms with Crippen LogP contribution in [0.15, 0.2) is 23.1 Å². The van der Waals surface area contributed by atoms with Crippen LogP contribution in [0.5, 0.6) is 0 Å². The fraction of sp³-hybridized carbons (Fsp3) is 0.632. The minimum absolute atomic E-state index is 0.0335. The molecule has 4 unspecified atom stereocenters. The number of benzene rings is 1. The van der Waals surface area contributed by atoms with Gasteiger partial charge in [0, 0.05) is 17.8 Å². The number of rotatable bonds is 4. The number of fused-ring (bicyclic) bond motifs is 1. The van der Waals surface area contributed by atoms with E-state index in [9.17, 15) is 13.2 Å². The fourth-order valence-electron chi connectivity index (χ4n) is 4.28. The SMILES string of the molecule is CC1CCCC(NC(=O)CN2c3ccc(S(N)(=O)=O)cc3CC2C)C1C. The number of nitrogens with one attached hydrogen (secondary N) is 1. The lowest BCUT2D eigenvalue weighted by Gasteiger charge is -2.35. The topological polar surface area (TPSA) is 92.5 Å². The molecule has 4 atom stereocenters. The second-order valence-electron chi connectivity index (χ2n) is 7.96. The van der Waals surface area contributed by atoms with Gasteiger partial charge >= 0.3 is 0 Å². The Hall–Kier alpha value is -1.60. The van der Waals surface area contributed by atoms with E-state index < -0.39 is 10.0 Å². The first-order valence-corrected chi connectivity index (χ1v) is 10.9. The summed E-state index contributed by atoms with van der Waals surface area (Å²) in [5, 5.41) is 8.44. The summed E-state index contributed by atoms with van der Waals surface area (Å²) in [6, 6.07) is 5.30. The van der Waals surface area contributed by atoms with E-state index in [0.717, 1.165) is 24.1 Å². The first-order chi connectivity index (χ1) is 12.2. The molecule has 1 fully saturated rings. The number of sulfonamides is 1.